The maximum Gasteiger partial charge on any atom is 0.303 e. The topological polar surface area (TPSA) is 153 Å². The van der Waals surface area contributed by atoms with Gasteiger partial charge in [-0.25, -0.2) is 13.6 Å². The molecule has 0 spiro atoms. The van der Waals surface area contributed by atoms with Gasteiger partial charge in [0.15, 0.2) is 0 Å². The van der Waals surface area contributed by atoms with Crippen molar-refractivity contribution >= 4 is 43.5 Å². The van der Waals surface area contributed by atoms with Crippen molar-refractivity contribution in [2.24, 2.45) is 10.9 Å². The van der Waals surface area contributed by atoms with Crippen molar-refractivity contribution in [2.45, 2.75) is 23.8 Å². The fourth-order valence-electron chi connectivity index (χ4n) is 1.41. The fourth-order valence-corrected chi connectivity index (χ4v) is 2.58. The third-order valence-corrected chi connectivity index (χ3v) is 4.10. The third kappa shape index (κ3) is 5.42. The molecule has 8 nitrogen and oxygen atoms in total. The second-order valence-corrected chi connectivity index (χ2v) is 6.63. The summed E-state index contributed by atoms with van der Waals surface area (Å²) >= 11 is 3.11. The van der Waals surface area contributed by atoms with Crippen LogP contribution in [0.25, 0.3) is 0 Å². The third-order valence-electron chi connectivity index (χ3n) is 2.53. The van der Waals surface area contributed by atoms with E-state index in [0.717, 1.165) is 0 Å². The molecule has 1 aromatic rings. The molecule has 0 heterocycles. The van der Waals surface area contributed by atoms with Crippen LogP contribution in [0.4, 0.5) is 5.69 Å². The smallest absolute Gasteiger partial charge is 0.303 e. The maximum absolute atomic E-state index is 11.8. The van der Waals surface area contributed by atoms with Gasteiger partial charge in [0.25, 0.3) is 0 Å². The van der Waals surface area contributed by atoms with Crippen LogP contribution in [-0.4, -0.2) is 31.4 Å². The second-order valence-electron chi connectivity index (χ2n) is 4.21. The quantitative estimate of drug-likeness (QED) is 0.554. The molecular formula is C11H14BrN3O5S. The molecule has 116 valence electrons. The molecule has 10 heteroatoms. The van der Waals surface area contributed by atoms with Crippen LogP contribution in [0.1, 0.15) is 12.8 Å². The Morgan fingerprint density at radius 1 is 1.38 bits per heavy atom. The first kappa shape index (κ1) is 17.6. The van der Waals surface area contributed by atoms with Gasteiger partial charge in [-0.1, -0.05) is 0 Å². The van der Waals surface area contributed by atoms with Gasteiger partial charge in [0.2, 0.25) is 15.9 Å². The van der Waals surface area contributed by atoms with E-state index in [-0.39, 0.29) is 17.7 Å². The number of hydrogen-bond donors (Lipinski definition) is 4. The molecule has 0 aliphatic rings. The number of carbonyl (C=O) groups is 2. The van der Waals surface area contributed by atoms with Crippen LogP contribution < -0.4 is 16.2 Å². The summed E-state index contributed by atoms with van der Waals surface area (Å²) in [5, 5.41) is 16.0. The van der Waals surface area contributed by atoms with Crippen LogP contribution in [-0.2, 0) is 19.6 Å². The van der Waals surface area contributed by atoms with Gasteiger partial charge in [-0.2, -0.15) is 0 Å². The van der Waals surface area contributed by atoms with E-state index in [2.05, 4.69) is 21.2 Å². The van der Waals surface area contributed by atoms with Gasteiger partial charge in [-0.3, -0.25) is 9.59 Å². The Kier molecular flexibility index (Phi) is 5.84. The molecule has 0 saturated carbocycles. The minimum atomic E-state index is -3.84. The first-order valence-corrected chi connectivity index (χ1v) is 8.06. The van der Waals surface area contributed by atoms with Crippen molar-refractivity contribution in [1.29, 1.82) is 0 Å². The molecule has 0 bridgehead atoms. The van der Waals surface area contributed by atoms with E-state index in [1.54, 1.807) is 0 Å². The summed E-state index contributed by atoms with van der Waals surface area (Å²) in [6, 6.07) is 2.85. The lowest BCUT2D eigenvalue weighted by atomic mass is 10.1. The summed E-state index contributed by atoms with van der Waals surface area (Å²) in [6.45, 7) is 0. The average Bonchev–Trinajstić information content (AvgIpc) is 2.36. The number of nitrogens with one attached hydrogen (secondary N) is 1. The Labute approximate surface area is 129 Å². The van der Waals surface area contributed by atoms with Crippen molar-refractivity contribution in [2.75, 3.05) is 5.32 Å². The van der Waals surface area contributed by atoms with Gasteiger partial charge in [0, 0.05) is 10.9 Å². The Morgan fingerprint density at radius 3 is 2.48 bits per heavy atom. The van der Waals surface area contributed by atoms with Crippen molar-refractivity contribution in [3.63, 3.8) is 0 Å². The number of rotatable bonds is 6. The summed E-state index contributed by atoms with van der Waals surface area (Å²) in [6.07, 6.45) is -0.228. The zero-order valence-electron chi connectivity index (χ0n) is 10.7. The zero-order valence-corrected chi connectivity index (χ0v) is 13.1. The van der Waals surface area contributed by atoms with Crippen LogP contribution in [0.3, 0.4) is 0 Å². The van der Waals surface area contributed by atoms with E-state index in [1.165, 1.54) is 18.2 Å². The molecule has 0 saturated heterocycles. The summed E-state index contributed by atoms with van der Waals surface area (Å²) in [5.41, 5.74) is 5.86. The molecule has 0 aromatic heterocycles. The Morgan fingerprint density at radius 2 is 2.00 bits per heavy atom. The van der Waals surface area contributed by atoms with E-state index in [9.17, 15) is 18.0 Å². The van der Waals surface area contributed by atoms with Crippen molar-refractivity contribution in [1.82, 2.24) is 0 Å². The lowest BCUT2D eigenvalue weighted by Gasteiger charge is -2.13. The number of halogens is 1. The Bertz CT molecular complexity index is 662. The van der Waals surface area contributed by atoms with Crippen LogP contribution in [0.5, 0.6) is 0 Å². The molecule has 0 radical (unpaired) electrons. The highest BCUT2D eigenvalue weighted by molar-refractivity contribution is 9.10. The SMILES string of the molecule is NC(CCC(=O)O)C(=O)Nc1ccc(S(N)(=O)=O)cc1Br. The van der Waals surface area contributed by atoms with Crippen LogP contribution >= 0.6 is 15.9 Å². The van der Waals surface area contributed by atoms with Gasteiger partial charge in [0.05, 0.1) is 16.6 Å². The molecule has 0 aliphatic carbocycles. The number of hydrogen-bond acceptors (Lipinski definition) is 5. The Hall–Kier alpha value is -1.49. The number of benzene rings is 1. The van der Waals surface area contributed by atoms with E-state index in [4.69, 9.17) is 16.0 Å². The molecule has 6 N–H and O–H groups in total. The molecule has 1 aromatic carbocycles. The predicted molar refractivity (Wildman–Crippen MR) is 79.0 cm³/mol. The summed E-state index contributed by atoms with van der Waals surface area (Å²) in [5.74, 6) is -1.61. The number of nitrogens with two attached hydrogens (primary N) is 2. The number of anilines is 1. The molecular weight excluding hydrogens is 366 g/mol. The lowest BCUT2D eigenvalue weighted by molar-refractivity contribution is -0.137. The van der Waals surface area contributed by atoms with Gasteiger partial charge in [-0.15, -0.1) is 0 Å². The van der Waals surface area contributed by atoms with Crippen molar-refractivity contribution in [3.05, 3.63) is 22.7 Å². The van der Waals surface area contributed by atoms with Gasteiger partial charge < -0.3 is 16.2 Å². The fraction of sp³-hybridized carbons (Fsp3) is 0.273. The number of carboxylic acids is 1. The van der Waals surface area contributed by atoms with E-state index >= 15 is 0 Å². The summed E-state index contributed by atoms with van der Waals surface area (Å²) in [7, 11) is -3.84. The summed E-state index contributed by atoms with van der Waals surface area (Å²) in [4.78, 5) is 22.1. The highest BCUT2D eigenvalue weighted by atomic mass is 79.9. The van der Waals surface area contributed by atoms with Crippen molar-refractivity contribution < 1.29 is 23.1 Å². The Balaban J connectivity index is 2.79. The number of sulfonamides is 1. The molecule has 1 amide bonds. The maximum atomic E-state index is 11.8. The molecule has 21 heavy (non-hydrogen) atoms. The monoisotopic (exact) mass is 379 g/mol. The number of amides is 1. The van der Waals surface area contributed by atoms with Crippen molar-refractivity contribution in [3.8, 4) is 0 Å². The molecule has 0 fully saturated rings. The number of primary sulfonamides is 1. The molecule has 1 unspecified atom stereocenters. The number of carbonyl (C=O) groups excluding carboxylic acids is 1. The predicted octanol–water partition coefficient (Wildman–Crippen LogP) is 0.227. The molecule has 1 rings (SSSR count). The van der Waals surface area contributed by atoms with Crippen LogP contribution in [0, 0.1) is 0 Å². The minimum absolute atomic E-state index is 0.00590. The summed E-state index contributed by atoms with van der Waals surface area (Å²) < 4.78 is 22.7. The molecule has 0 aliphatic heterocycles. The highest BCUT2D eigenvalue weighted by Gasteiger charge is 2.17. The molecule has 1 atom stereocenters. The highest BCUT2D eigenvalue weighted by Crippen LogP contribution is 2.25. The lowest BCUT2D eigenvalue weighted by Crippen LogP contribution is -2.36. The number of carboxylic acid groups (broad SMARTS) is 1. The van der Waals surface area contributed by atoms with E-state index < -0.39 is 27.9 Å². The van der Waals surface area contributed by atoms with E-state index in [0.29, 0.717) is 10.2 Å². The van der Waals surface area contributed by atoms with Gasteiger partial charge in [0.1, 0.15) is 0 Å². The van der Waals surface area contributed by atoms with Gasteiger partial charge in [-0.05, 0) is 40.5 Å². The average molecular weight is 380 g/mol. The first-order valence-electron chi connectivity index (χ1n) is 5.72. The zero-order chi connectivity index (χ0) is 16.2. The largest absolute Gasteiger partial charge is 0.481 e. The number of aliphatic carboxylic acids is 1. The van der Waals surface area contributed by atoms with E-state index in [1.807, 2.05) is 0 Å². The van der Waals surface area contributed by atoms with Crippen LogP contribution in [0.15, 0.2) is 27.6 Å². The first-order chi connectivity index (χ1) is 9.61. The van der Waals surface area contributed by atoms with Crippen LogP contribution in [0.2, 0.25) is 0 Å². The second kappa shape index (κ2) is 6.98. The minimum Gasteiger partial charge on any atom is -0.481 e. The normalized spacial score (nSPS) is 12.7. The standard InChI is InChI=1S/C11H14BrN3O5S/c12-7-5-6(21(14,19)20)1-3-9(7)15-11(18)8(13)2-4-10(16)17/h1,3,5,8H,2,4,13H2,(H,15,18)(H,16,17)(H2,14,19,20). The van der Waals surface area contributed by atoms with Gasteiger partial charge >= 0.3 is 5.97 Å².